The monoisotopic (exact) mass is 248 g/mol. The van der Waals surface area contributed by atoms with Crippen LogP contribution in [0, 0.1) is 0 Å². The highest BCUT2D eigenvalue weighted by molar-refractivity contribution is 5.86. The molecule has 1 fully saturated rings. The van der Waals surface area contributed by atoms with E-state index in [-0.39, 0.29) is 6.54 Å². The molecule has 5 heteroatoms. The number of anilines is 2. The molecule has 1 saturated heterocycles. The Morgan fingerprint density at radius 3 is 2.78 bits per heavy atom. The fourth-order valence-corrected chi connectivity index (χ4v) is 2.56. The van der Waals surface area contributed by atoms with Crippen molar-refractivity contribution in [3.63, 3.8) is 0 Å². The van der Waals surface area contributed by atoms with E-state index in [9.17, 15) is 4.48 Å². The Morgan fingerprint density at radius 2 is 2.00 bits per heavy atom. The molecule has 0 amide bonds. The van der Waals surface area contributed by atoms with E-state index in [0.29, 0.717) is 11.4 Å². The average molecular weight is 248 g/mol. The largest absolute Gasteiger partial charge is 0.398 e. The quantitative estimate of drug-likeness (QED) is 0.731. The molecule has 0 unspecified atom stereocenters. The average Bonchev–Trinajstić information content (AvgIpc) is 2.43. The molecular weight excluding hydrogens is 231 g/mol. The van der Waals surface area contributed by atoms with Gasteiger partial charge >= 0.3 is 0 Å². The number of nitrogens with two attached hydrogens (primary N) is 1. The Morgan fingerprint density at radius 1 is 1.22 bits per heavy atom. The smallest absolute Gasteiger partial charge is 0.102 e. The van der Waals surface area contributed by atoms with Crippen LogP contribution in [0.3, 0.4) is 0 Å². The first-order chi connectivity index (χ1) is 8.77. The number of nitrogens with one attached hydrogen (secondary N) is 1. The van der Waals surface area contributed by atoms with Crippen LogP contribution in [0.25, 0.3) is 5.70 Å². The van der Waals surface area contributed by atoms with Gasteiger partial charge in [-0.3, -0.25) is 0 Å². The number of benzene rings is 1. The van der Waals surface area contributed by atoms with Crippen LogP contribution in [0.2, 0.25) is 0 Å². The van der Waals surface area contributed by atoms with Gasteiger partial charge in [0, 0.05) is 37.4 Å². The zero-order chi connectivity index (χ0) is 12.5. The van der Waals surface area contributed by atoms with Crippen LogP contribution in [0.4, 0.5) is 15.9 Å². The highest BCUT2D eigenvalue weighted by Gasteiger charge is 2.24. The van der Waals surface area contributed by atoms with Gasteiger partial charge in [0.2, 0.25) is 0 Å². The SMILES string of the molecule is NC1=CCN(F)c2c1cccc2N1CCNCC1. The molecule has 0 saturated carbocycles. The van der Waals surface area contributed by atoms with Crippen molar-refractivity contribution >= 4 is 17.1 Å². The fourth-order valence-electron chi connectivity index (χ4n) is 2.56. The van der Waals surface area contributed by atoms with Gasteiger partial charge in [-0.05, 0) is 12.1 Å². The normalized spacial score (nSPS) is 19.5. The van der Waals surface area contributed by atoms with Crippen LogP contribution in [-0.4, -0.2) is 32.7 Å². The molecule has 0 atom stereocenters. The number of piperazine rings is 1. The van der Waals surface area contributed by atoms with Crippen LogP contribution >= 0.6 is 0 Å². The van der Waals surface area contributed by atoms with Gasteiger partial charge in [0.25, 0.3) is 0 Å². The zero-order valence-corrected chi connectivity index (χ0v) is 10.2. The van der Waals surface area contributed by atoms with E-state index in [1.165, 1.54) is 0 Å². The summed E-state index contributed by atoms with van der Waals surface area (Å²) in [4.78, 5) is 2.21. The lowest BCUT2D eigenvalue weighted by Gasteiger charge is -2.34. The number of hydrogen-bond acceptors (Lipinski definition) is 4. The molecule has 3 N–H and O–H groups in total. The maximum absolute atomic E-state index is 14.1. The summed E-state index contributed by atoms with van der Waals surface area (Å²) in [6.45, 7) is 3.88. The number of halogens is 1. The third kappa shape index (κ3) is 1.80. The summed E-state index contributed by atoms with van der Waals surface area (Å²) in [7, 11) is 0. The predicted molar refractivity (Wildman–Crippen MR) is 72.1 cm³/mol. The van der Waals surface area contributed by atoms with Gasteiger partial charge in [0.1, 0.15) is 5.69 Å². The minimum absolute atomic E-state index is 0.224. The van der Waals surface area contributed by atoms with Gasteiger partial charge in [-0.15, -0.1) is 0 Å². The van der Waals surface area contributed by atoms with Crippen molar-refractivity contribution in [2.45, 2.75) is 0 Å². The van der Waals surface area contributed by atoms with Gasteiger partial charge in [0.15, 0.2) is 0 Å². The van der Waals surface area contributed by atoms with Crippen molar-refractivity contribution in [2.75, 3.05) is 42.7 Å². The number of para-hydroxylation sites is 1. The van der Waals surface area contributed by atoms with Gasteiger partial charge in [-0.1, -0.05) is 16.6 Å². The van der Waals surface area contributed by atoms with E-state index in [4.69, 9.17) is 5.73 Å². The zero-order valence-electron chi connectivity index (χ0n) is 10.2. The lowest BCUT2D eigenvalue weighted by Crippen LogP contribution is -2.44. The molecule has 3 rings (SSSR count). The van der Waals surface area contributed by atoms with E-state index in [1.54, 1.807) is 6.08 Å². The lowest BCUT2D eigenvalue weighted by molar-refractivity contribution is 0.452. The molecule has 1 aromatic carbocycles. The number of fused-ring (bicyclic) bond motifs is 1. The molecule has 4 nitrogen and oxygen atoms in total. The Labute approximate surface area is 106 Å². The van der Waals surface area contributed by atoms with Crippen molar-refractivity contribution in [3.8, 4) is 0 Å². The van der Waals surface area contributed by atoms with Crippen LogP contribution in [0.5, 0.6) is 0 Å². The van der Waals surface area contributed by atoms with E-state index in [0.717, 1.165) is 42.6 Å². The first-order valence-electron chi connectivity index (χ1n) is 6.25. The molecule has 0 aromatic heterocycles. The summed E-state index contributed by atoms with van der Waals surface area (Å²) in [5.74, 6) is 0. The fraction of sp³-hybridized carbons (Fsp3) is 0.385. The molecule has 2 heterocycles. The number of rotatable bonds is 1. The Bertz CT molecular complexity index is 480. The van der Waals surface area contributed by atoms with Gasteiger partial charge in [0.05, 0.1) is 12.2 Å². The summed E-state index contributed by atoms with van der Waals surface area (Å²) >= 11 is 0. The molecular formula is C13H17FN4. The molecule has 0 spiro atoms. The molecule has 2 aliphatic rings. The maximum atomic E-state index is 14.1. The number of hydrogen-bond donors (Lipinski definition) is 2. The molecule has 1 aromatic rings. The summed E-state index contributed by atoms with van der Waals surface area (Å²) in [5.41, 5.74) is 8.95. The first kappa shape index (κ1) is 11.3. The van der Waals surface area contributed by atoms with Crippen molar-refractivity contribution in [1.29, 1.82) is 0 Å². The van der Waals surface area contributed by atoms with Crippen LogP contribution in [0.15, 0.2) is 24.3 Å². The van der Waals surface area contributed by atoms with E-state index in [2.05, 4.69) is 10.2 Å². The van der Waals surface area contributed by atoms with E-state index in [1.807, 2.05) is 18.2 Å². The highest BCUT2D eigenvalue weighted by atomic mass is 19.2. The summed E-state index contributed by atoms with van der Waals surface area (Å²) < 4.78 is 14.1. The second kappa shape index (κ2) is 4.49. The third-order valence-electron chi connectivity index (χ3n) is 3.50. The van der Waals surface area contributed by atoms with Gasteiger partial charge < -0.3 is 16.0 Å². The Kier molecular flexibility index (Phi) is 2.83. The number of nitrogens with zero attached hydrogens (tertiary/aromatic N) is 2. The minimum atomic E-state index is 0.224. The summed E-state index contributed by atoms with van der Waals surface area (Å²) in [6.07, 6.45) is 1.71. The van der Waals surface area contributed by atoms with Crippen molar-refractivity contribution in [1.82, 2.24) is 5.32 Å². The standard InChI is InChI=1S/C13H17FN4/c14-18-7-4-11(15)10-2-1-3-12(13(10)18)17-8-5-16-6-9-17/h1-4,16H,5-9,15H2. The maximum Gasteiger partial charge on any atom is 0.102 e. The molecule has 18 heavy (non-hydrogen) atoms. The molecule has 2 aliphatic heterocycles. The van der Waals surface area contributed by atoms with Crippen molar-refractivity contribution < 1.29 is 4.48 Å². The second-order valence-electron chi connectivity index (χ2n) is 4.61. The van der Waals surface area contributed by atoms with Crippen LogP contribution in [-0.2, 0) is 0 Å². The Hall–Kier alpha value is -1.75. The van der Waals surface area contributed by atoms with Crippen LogP contribution < -0.4 is 21.1 Å². The first-order valence-corrected chi connectivity index (χ1v) is 6.25. The molecule has 96 valence electrons. The van der Waals surface area contributed by atoms with Crippen LogP contribution in [0.1, 0.15) is 5.56 Å². The van der Waals surface area contributed by atoms with Crippen molar-refractivity contribution in [3.05, 3.63) is 29.8 Å². The van der Waals surface area contributed by atoms with Gasteiger partial charge in [-0.25, -0.2) is 5.12 Å². The minimum Gasteiger partial charge on any atom is -0.398 e. The predicted octanol–water partition coefficient (Wildman–Crippen LogP) is 1.10. The second-order valence-corrected chi connectivity index (χ2v) is 4.61. The lowest BCUT2D eigenvalue weighted by atomic mass is 10.0. The summed E-state index contributed by atoms with van der Waals surface area (Å²) in [5, 5.41) is 4.08. The molecule has 0 aliphatic carbocycles. The van der Waals surface area contributed by atoms with Gasteiger partial charge in [-0.2, -0.15) is 0 Å². The Balaban J connectivity index is 2.05. The molecule has 0 radical (unpaired) electrons. The molecule has 0 bridgehead atoms. The van der Waals surface area contributed by atoms with E-state index < -0.39 is 0 Å². The highest BCUT2D eigenvalue weighted by Crippen LogP contribution is 2.38. The summed E-state index contributed by atoms with van der Waals surface area (Å²) in [6, 6.07) is 5.78. The third-order valence-corrected chi connectivity index (χ3v) is 3.50. The van der Waals surface area contributed by atoms with E-state index >= 15 is 0 Å². The van der Waals surface area contributed by atoms with Crippen molar-refractivity contribution in [2.24, 2.45) is 5.73 Å². The topological polar surface area (TPSA) is 44.5 Å².